The lowest BCUT2D eigenvalue weighted by Crippen LogP contribution is -2.59. The van der Waals surface area contributed by atoms with Crippen molar-refractivity contribution in [3.05, 3.63) is 35.9 Å². The van der Waals surface area contributed by atoms with E-state index in [4.69, 9.17) is 52.2 Å². The van der Waals surface area contributed by atoms with E-state index >= 15 is 9.59 Å². The normalized spacial score (nSPS) is 41.1. The third kappa shape index (κ3) is 15.2. The first kappa shape index (κ1) is 59.5. The van der Waals surface area contributed by atoms with Crippen molar-refractivity contribution < 1.29 is 76.8 Å². The third-order valence-electron chi connectivity index (χ3n) is 15.2. The highest BCUT2D eigenvalue weighted by atomic mass is 16.7. The van der Waals surface area contributed by atoms with Crippen molar-refractivity contribution in [1.82, 2.24) is 10.2 Å². The highest BCUT2D eigenvalue weighted by Gasteiger charge is 2.50. The van der Waals surface area contributed by atoms with Crippen LogP contribution < -0.4 is 5.32 Å². The number of rotatable bonds is 14. The first-order chi connectivity index (χ1) is 34.0. The number of ketones is 1. The van der Waals surface area contributed by atoms with Gasteiger partial charge in [-0.2, -0.15) is 0 Å². The fraction of sp³-hybridized carbons (Fsp3) is 0.811. The zero-order chi connectivity index (χ0) is 53.2. The Morgan fingerprint density at radius 2 is 1.54 bits per heavy atom. The topological polar surface area (TPSA) is 221 Å². The number of hydrogen-bond acceptors (Lipinski definition) is 18. The van der Waals surface area contributed by atoms with Crippen LogP contribution in [0.5, 0.6) is 0 Å². The summed E-state index contributed by atoms with van der Waals surface area (Å²) in [7, 11) is 6.40. The van der Waals surface area contributed by atoms with Crippen LogP contribution in [0.15, 0.2) is 35.5 Å². The van der Waals surface area contributed by atoms with Gasteiger partial charge in [0.2, 0.25) is 0 Å². The van der Waals surface area contributed by atoms with E-state index in [9.17, 15) is 15.0 Å². The Labute approximate surface area is 427 Å². The van der Waals surface area contributed by atoms with Gasteiger partial charge in [0.05, 0.1) is 48.8 Å². The van der Waals surface area contributed by atoms with Crippen molar-refractivity contribution in [2.24, 2.45) is 40.7 Å². The summed E-state index contributed by atoms with van der Waals surface area (Å²) in [6.07, 6.45) is -10.5. The van der Waals surface area contributed by atoms with Gasteiger partial charge in [-0.3, -0.25) is 9.59 Å². The Morgan fingerprint density at radius 3 is 2.19 bits per heavy atom. The van der Waals surface area contributed by atoms with Gasteiger partial charge in [-0.25, -0.2) is 4.79 Å². The smallest absolute Gasteiger partial charge is 0.408 e. The number of methoxy groups -OCH3 is 2. The highest BCUT2D eigenvalue weighted by molar-refractivity contribution is 5.91. The van der Waals surface area contributed by atoms with Crippen LogP contribution in [0.1, 0.15) is 107 Å². The largest absolute Gasteiger partial charge is 0.461 e. The zero-order valence-electron chi connectivity index (χ0n) is 45.4. The number of aliphatic hydroxyl groups excluding tert-OH is 2. The number of ether oxygens (including phenoxy) is 10. The monoisotopic (exact) mass is 1020 g/mol. The van der Waals surface area contributed by atoms with Gasteiger partial charge in [-0.1, -0.05) is 70.1 Å². The number of esters is 1. The van der Waals surface area contributed by atoms with Crippen LogP contribution >= 0.6 is 0 Å². The van der Waals surface area contributed by atoms with Gasteiger partial charge in [-0.15, -0.1) is 0 Å². The van der Waals surface area contributed by atoms with Crippen molar-refractivity contribution in [2.75, 3.05) is 41.5 Å². The standard InChI is InChI=1S/C53H87N3O16/c1-28-21-29(2)48(59)53(11,72-52(61)54-25-38-19-17-16-18-20-38)24-30(3)44(71-50-42(58)39(55-64-15)23-33(6)67-50)35(8)45(69-40-22-32(5)56(12)26-34(7)66-40)36(9)49(60)70-43(28)31(4)27-65-51-47(63-14)46(62-13)41(57)37(10)68-51/h16-20,28-37,40-47,50-51,57-58H,21-27H2,1-15H3,(H,54,61)/t28-,29+,30-,31?,32-,33+,34-,35+,36+,37+,40-,41+,42+,43+,44-,45-,46+,47+,50-,51+,53-/m0/s1. The molecular weight excluding hydrogens is 935 g/mol. The highest BCUT2D eigenvalue weighted by Crippen LogP contribution is 2.39. The second-order valence-electron chi connectivity index (χ2n) is 21.4. The number of benzene rings is 1. The van der Waals surface area contributed by atoms with Gasteiger partial charge in [-0.05, 0) is 78.8 Å². The van der Waals surface area contributed by atoms with E-state index in [0.29, 0.717) is 25.1 Å². The molecule has 0 bridgehead atoms. The SMILES string of the molecule is CON=C1C[C@@H](C)O[C@@H](O[C@@H]2[C@@H](C)[C@H](O[C@H]3C[C@H](C)N(C)C[C@H](C)O3)[C@@H](C)C(=O)O[C@@H](C(C)CO[C@@H]3O[C@H](C)[C@@H](O)[C@@H](OC)[C@H]3OC)[C@@H](C)C[C@@H](C)C(=O)[C@@](C)(OC(=O)NCc3ccccc3)C[C@@H]2C)[C@@H]1O. The van der Waals surface area contributed by atoms with E-state index in [2.05, 4.69) is 22.3 Å². The van der Waals surface area contributed by atoms with Crippen LogP contribution in [-0.2, 0) is 68.3 Å². The summed E-state index contributed by atoms with van der Waals surface area (Å²) in [6.45, 7) is 21.3. The van der Waals surface area contributed by atoms with E-state index in [1.807, 2.05) is 78.9 Å². The van der Waals surface area contributed by atoms with Crippen molar-refractivity contribution >= 4 is 23.6 Å². The minimum Gasteiger partial charge on any atom is -0.461 e. The fourth-order valence-corrected chi connectivity index (χ4v) is 11.1. The quantitative estimate of drug-likeness (QED) is 0.152. The number of nitrogens with one attached hydrogen (secondary N) is 1. The number of alkyl carbamates (subject to hydrolysis) is 1. The lowest BCUT2D eigenvalue weighted by Gasteiger charge is -2.44. The lowest BCUT2D eigenvalue weighted by molar-refractivity contribution is -0.305. The molecule has 1 amide bonds. The van der Waals surface area contributed by atoms with Crippen LogP contribution in [0.3, 0.4) is 0 Å². The van der Waals surface area contributed by atoms with E-state index in [0.717, 1.165) is 5.56 Å². The van der Waals surface area contributed by atoms with Crippen LogP contribution in [0.2, 0.25) is 0 Å². The molecule has 1 aromatic carbocycles. The van der Waals surface area contributed by atoms with Crippen LogP contribution in [0, 0.1) is 35.5 Å². The molecule has 4 aliphatic rings. The summed E-state index contributed by atoms with van der Waals surface area (Å²) in [5.74, 6) is -4.76. The van der Waals surface area contributed by atoms with E-state index in [1.165, 1.54) is 21.3 Å². The number of oxime groups is 1. The molecule has 1 aromatic rings. The van der Waals surface area contributed by atoms with Gasteiger partial charge < -0.3 is 72.6 Å². The second kappa shape index (κ2) is 26.9. The first-order valence-corrected chi connectivity index (χ1v) is 25.9. The molecular formula is C53H87N3O16. The van der Waals surface area contributed by atoms with Crippen LogP contribution in [0.4, 0.5) is 4.79 Å². The predicted octanol–water partition coefficient (Wildman–Crippen LogP) is 5.64. The molecule has 0 saturated carbocycles. The molecule has 3 N–H and O–H groups in total. The van der Waals surface area contributed by atoms with Crippen LogP contribution in [0.25, 0.3) is 0 Å². The Kier molecular flexibility index (Phi) is 22.3. The molecule has 0 spiro atoms. The summed E-state index contributed by atoms with van der Waals surface area (Å²) < 4.78 is 63.5. The summed E-state index contributed by atoms with van der Waals surface area (Å²) >= 11 is 0. The minimum absolute atomic E-state index is 0.0225. The molecule has 1 unspecified atom stereocenters. The molecule has 21 atom stereocenters. The lowest BCUT2D eigenvalue weighted by atomic mass is 9.75. The molecule has 19 heteroatoms. The summed E-state index contributed by atoms with van der Waals surface area (Å²) in [5.41, 5.74) is -0.547. The van der Waals surface area contributed by atoms with E-state index in [1.54, 1.807) is 27.7 Å². The Morgan fingerprint density at radius 1 is 0.861 bits per heavy atom. The molecule has 19 nitrogen and oxygen atoms in total. The predicted molar refractivity (Wildman–Crippen MR) is 265 cm³/mol. The number of hydrogen-bond donors (Lipinski definition) is 3. The maximum Gasteiger partial charge on any atom is 0.408 e. The Bertz CT molecular complexity index is 1900. The summed E-state index contributed by atoms with van der Waals surface area (Å²) in [5, 5.41) is 29.4. The van der Waals surface area contributed by atoms with Gasteiger partial charge in [0.1, 0.15) is 37.6 Å². The molecule has 4 aliphatic heterocycles. The number of nitrogens with zero attached hydrogens (tertiary/aromatic N) is 2. The maximum absolute atomic E-state index is 15.2. The third-order valence-corrected chi connectivity index (χ3v) is 15.2. The number of carbonyl (C=O) groups excluding carboxylic acids is 3. The van der Waals surface area contributed by atoms with E-state index in [-0.39, 0.29) is 43.9 Å². The number of aliphatic hydroxyl groups is 2. The Hall–Kier alpha value is -3.34. The molecule has 4 saturated heterocycles. The summed E-state index contributed by atoms with van der Waals surface area (Å²) in [4.78, 5) is 51.4. The summed E-state index contributed by atoms with van der Waals surface area (Å²) in [6, 6.07) is 9.44. The maximum atomic E-state index is 15.2. The van der Waals surface area contributed by atoms with Gasteiger partial charge >= 0.3 is 12.1 Å². The molecule has 4 heterocycles. The van der Waals surface area contributed by atoms with Crippen molar-refractivity contribution in [3.63, 3.8) is 0 Å². The molecule has 0 aromatic heterocycles. The van der Waals surface area contributed by atoms with E-state index < -0.39 is 127 Å². The number of Topliss-reactive ketones (excluding diaryl/α,β-unsaturated/α-hetero) is 1. The average molecular weight is 1020 g/mol. The first-order valence-electron chi connectivity index (χ1n) is 25.9. The minimum atomic E-state index is -1.72. The van der Waals surface area contributed by atoms with Gasteiger partial charge in [0.15, 0.2) is 30.3 Å². The molecule has 0 aliphatic carbocycles. The zero-order valence-corrected chi connectivity index (χ0v) is 45.4. The average Bonchev–Trinajstić information content (AvgIpc) is 3.45. The fourth-order valence-electron chi connectivity index (χ4n) is 11.1. The molecule has 5 rings (SSSR count). The number of cyclic esters (lactones) is 1. The second-order valence-corrected chi connectivity index (χ2v) is 21.4. The van der Waals surface area contributed by atoms with Gasteiger partial charge in [0, 0.05) is 63.9 Å². The van der Waals surface area contributed by atoms with Crippen molar-refractivity contribution in [2.45, 2.75) is 200 Å². The number of likely N-dealkylation sites (N-methyl/N-ethyl adjacent to an activating group) is 1. The Balaban J connectivity index is 1.59. The molecule has 4 fully saturated rings. The van der Waals surface area contributed by atoms with Crippen molar-refractivity contribution in [3.8, 4) is 0 Å². The van der Waals surface area contributed by atoms with Gasteiger partial charge in [0.25, 0.3) is 0 Å². The van der Waals surface area contributed by atoms with Crippen molar-refractivity contribution in [1.29, 1.82) is 0 Å². The van der Waals surface area contributed by atoms with Crippen LogP contribution in [-0.4, -0.2) is 172 Å². The molecule has 410 valence electrons. The number of amides is 1. The molecule has 72 heavy (non-hydrogen) atoms. The number of carbonyl (C=O) groups is 3. The molecule has 0 radical (unpaired) electrons.